The molecule has 0 fully saturated rings. The van der Waals surface area contributed by atoms with E-state index < -0.39 is 11.8 Å². The molecule has 1 aliphatic heterocycles. The van der Waals surface area contributed by atoms with Gasteiger partial charge in [0.2, 0.25) is 5.60 Å². The quantitative estimate of drug-likeness (QED) is 0.780. The first-order valence-corrected chi connectivity index (χ1v) is 7.40. The smallest absolute Gasteiger partial charge is 0.432 e. The Hall–Kier alpha value is -2.63. The number of benzene rings is 1. The summed E-state index contributed by atoms with van der Waals surface area (Å²) < 4.78 is 45.4. The minimum absolute atomic E-state index is 0.0476. The van der Waals surface area contributed by atoms with E-state index >= 15 is 0 Å². The lowest BCUT2D eigenvalue weighted by Gasteiger charge is -2.35. The second-order valence-electron chi connectivity index (χ2n) is 5.50. The molecule has 0 amide bonds. The fourth-order valence-corrected chi connectivity index (χ4v) is 2.56. The number of fused-ring (bicyclic) bond motifs is 1. The standard InChI is InChI=1S/C18H14F3NO2/c1-2-17(18(19,20)21)8-7-12-5-6-13(10-15(12)24-17)16(23)14-4-3-9-22-11-14/h3-11H,2H2,1H3. The first kappa shape index (κ1) is 16.2. The maximum Gasteiger partial charge on any atom is 0.432 e. The molecule has 0 saturated carbocycles. The molecule has 0 bridgehead atoms. The Morgan fingerprint density at radius 1 is 1.25 bits per heavy atom. The van der Waals surface area contributed by atoms with Crippen molar-refractivity contribution in [3.8, 4) is 5.75 Å². The van der Waals surface area contributed by atoms with Crippen LogP contribution < -0.4 is 4.74 Å². The van der Waals surface area contributed by atoms with Gasteiger partial charge in [-0.3, -0.25) is 9.78 Å². The highest BCUT2D eigenvalue weighted by Gasteiger charge is 2.55. The molecule has 0 spiro atoms. The number of hydrogen-bond donors (Lipinski definition) is 0. The molecule has 0 N–H and O–H groups in total. The van der Waals surface area contributed by atoms with Crippen LogP contribution in [0.15, 0.2) is 48.8 Å². The van der Waals surface area contributed by atoms with E-state index in [1.54, 1.807) is 24.3 Å². The second kappa shape index (κ2) is 5.78. The van der Waals surface area contributed by atoms with Crippen LogP contribution in [-0.2, 0) is 0 Å². The molecule has 0 saturated heterocycles. The minimum Gasteiger partial charge on any atom is -0.473 e. The highest BCUT2D eigenvalue weighted by Crippen LogP contribution is 2.43. The lowest BCUT2D eigenvalue weighted by Crippen LogP contribution is -2.49. The molecule has 3 rings (SSSR count). The van der Waals surface area contributed by atoms with Crippen LogP contribution in [0.25, 0.3) is 6.08 Å². The second-order valence-corrected chi connectivity index (χ2v) is 5.50. The maximum absolute atomic E-state index is 13.4. The van der Waals surface area contributed by atoms with E-state index in [4.69, 9.17) is 4.74 Å². The van der Waals surface area contributed by atoms with Gasteiger partial charge in [0.05, 0.1) is 0 Å². The molecule has 3 nitrogen and oxygen atoms in total. The molecule has 1 unspecified atom stereocenters. The lowest BCUT2D eigenvalue weighted by atomic mass is 9.93. The van der Waals surface area contributed by atoms with Gasteiger partial charge < -0.3 is 4.74 Å². The third kappa shape index (κ3) is 2.68. The van der Waals surface area contributed by atoms with E-state index in [-0.39, 0.29) is 23.5 Å². The number of carbonyl (C=O) groups excluding carboxylic acids is 1. The zero-order valence-electron chi connectivity index (χ0n) is 12.8. The van der Waals surface area contributed by atoms with Crippen molar-refractivity contribution in [3.63, 3.8) is 0 Å². The van der Waals surface area contributed by atoms with E-state index in [9.17, 15) is 18.0 Å². The van der Waals surface area contributed by atoms with Gasteiger partial charge >= 0.3 is 6.18 Å². The zero-order chi connectivity index (χ0) is 17.4. The van der Waals surface area contributed by atoms with Gasteiger partial charge in [0.15, 0.2) is 5.78 Å². The number of ketones is 1. The summed E-state index contributed by atoms with van der Waals surface area (Å²) in [4.78, 5) is 16.3. The average molecular weight is 333 g/mol. The summed E-state index contributed by atoms with van der Waals surface area (Å²) >= 11 is 0. The van der Waals surface area contributed by atoms with Crippen LogP contribution in [0.2, 0.25) is 0 Å². The maximum atomic E-state index is 13.4. The van der Waals surface area contributed by atoms with Gasteiger partial charge in [0, 0.05) is 29.1 Å². The van der Waals surface area contributed by atoms with Crippen LogP contribution in [0.3, 0.4) is 0 Å². The minimum atomic E-state index is -4.54. The molecule has 0 radical (unpaired) electrons. The topological polar surface area (TPSA) is 39.2 Å². The summed E-state index contributed by atoms with van der Waals surface area (Å²) in [5.74, 6) is -0.274. The largest absolute Gasteiger partial charge is 0.473 e. The van der Waals surface area contributed by atoms with Gasteiger partial charge in [0.1, 0.15) is 5.75 Å². The van der Waals surface area contributed by atoms with E-state index in [2.05, 4.69) is 4.98 Å². The molecule has 1 aromatic heterocycles. The lowest BCUT2D eigenvalue weighted by molar-refractivity contribution is -0.230. The van der Waals surface area contributed by atoms with E-state index in [0.717, 1.165) is 6.08 Å². The third-order valence-electron chi connectivity index (χ3n) is 4.03. The van der Waals surface area contributed by atoms with Crippen LogP contribution in [0.1, 0.15) is 34.8 Å². The number of hydrogen-bond acceptors (Lipinski definition) is 3. The monoisotopic (exact) mass is 333 g/mol. The molecule has 24 heavy (non-hydrogen) atoms. The van der Waals surface area contributed by atoms with Crippen LogP contribution in [0, 0.1) is 0 Å². The van der Waals surface area contributed by atoms with Crippen molar-refractivity contribution >= 4 is 11.9 Å². The average Bonchev–Trinajstić information content (AvgIpc) is 2.59. The van der Waals surface area contributed by atoms with Crippen molar-refractivity contribution in [1.29, 1.82) is 0 Å². The van der Waals surface area contributed by atoms with Crippen molar-refractivity contribution in [2.24, 2.45) is 0 Å². The highest BCUT2D eigenvalue weighted by molar-refractivity contribution is 6.09. The van der Waals surface area contributed by atoms with Crippen molar-refractivity contribution in [3.05, 3.63) is 65.5 Å². The number of halogens is 3. The normalized spacial score (nSPS) is 19.5. The molecule has 124 valence electrons. The predicted molar refractivity (Wildman–Crippen MR) is 82.9 cm³/mol. The number of rotatable bonds is 3. The number of pyridine rings is 1. The van der Waals surface area contributed by atoms with Gasteiger partial charge in [-0.1, -0.05) is 25.1 Å². The van der Waals surface area contributed by atoms with Crippen molar-refractivity contribution < 1.29 is 22.7 Å². The Morgan fingerprint density at radius 2 is 2.04 bits per heavy atom. The van der Waals surface area contributed by atoms with E-state index in [0.29, 0.717) is 11.1 Å². The van der Waals surface area contributed by atoms with E-state index in [1.807, 2.05) is 0 Å². The number of carbonyl (C=O) groups is 1. The number of ether oxygens (including phenoxy) is 1. The summed E-state index contributed by atoms with van der Waals surface area (Å²) in [5, 5.41) is 0. The van der Waals surface area contributed by atoms with Gasteiger partial charge in [-0.05, 0) is 30.7 Å². The Kier molecular flexibility index (Phi) is 3.91. The van der Waals surface area contributed by atoms with Crippen LogP contribution in [-0.4, -0.2) is 22.5 Å². The van der Waals surface area contributed by atoms with Crippen LogP contribution >= 0.6 is 0 Å². The Morgan fingerprint density at radius 3 is 2.67 bits per heavy atom. The summed E-state index contributed by atoms with van der Waals surface area (Å²) in [6.45, 7) is 1.41. The van der Waals surface area contributed by atoms with Gasteiger partial charge in [-0.15, -0.1) is 0 Å². The predicted octanol–water partition coefficient (Wildman–Crippen LogP) is 4.43. The third-order valence-corrected chi connectivity index (χ3v) is 4.03. The first-order chi connectivity index (χ1) is 11.4. The van der Waals surface area contributed by atoms with Crippen molar-refractivity contribution in [2.45, 2.75) is 25.1 Å². The molecule has 1 aromatic carbocycles. The Labute approximate surface area is 136 Å². The number of alkyl halides is 3. The molecule has 2 heterocycles. The molecule has 1 aliphatic rings. The van der Waals surface area contributed by atoms with Gasteiger partial charge in [-0.2, -0.15) is 13.2 Å². The summed E-state index contributed by atoms with van der Waals surface area (Å²) in [7, 11) is 0. The molecule has 6 heteroatoms. The van der Waals surface area contributed by atoms with Crippen molar-refractivity contribution in [1.82, 2.24) is 4.98 Å². The van der Waals surface area contributed by atoms with Gasteiger partial charge in [0.25, 0.3) is 0 Å². The molecular formula is C18H14F3NO2. The SMILES string of the molecule is CCC1(C(F)(F)F)C=Cc2ccc(C(=O)c3cccnc3)cc2O1. The van der Waals surface area contributed by atoms with E-state index in [1.165, 1.54) is 31.5 Å². The zero-order valence-corrected chi connectivity index (χ0v) is 12.8. The molecular weight excluding hydrogens is 319 g/mol. The first-order valence-electron chi connectivity index (χ1n) is 7.40. The summed E-state index contributed by atoms with van der Waals surface area (Å²) in [6, 6.07) is 7.71. The molecule has 0 aliphatic carbocycles. The Bertz CT molecular complexity index is 800. The highest BCUT2D eigenvalue weighted by atomic mass is 19.4. The molecule has 2 aromatic rings. The van der Waals surface area contributed by atoms with Crippen LogP contribution in [0.5, 0.6) is 5.75 Å². The number of nitrogens with zero attached hydrogens (tertiary/aromatic N) is 1. The Balaban J connectivity index is 1.99. The van der Waals surface area contributed by atoms with Crippen molar-refractivity contribution in [2.75, 3.05) is 0 Å². The molecule has 1 atom stereocenters. The van der Waals surface area contributed by atoms with Crippen LogP contribution in [0.4, 0.5) is 13.2 Å². The van der Waals surface area contributed by atoms with Gasteiger partial charge in [-0.25, -0.2) is 0 Å². The fraction of sp³-hybridized carbons (Fsp3) is 0.222. The summed E-state index contributed by atoms with van der Waals surface area (Å²) in [6.07, 6.45) is 0.559. The fourth-order valence-electron chi connectivity index (χ4n) is 2.56. The number of aromatic nitrogens is 1. The summed E-state index contributed by atoms with van der Waals surface area (Å²) in [5.41, 5.74) is -1.24.